The molecule has 1 N–H and O–H groups in total. The van der Waals surface area contributed by atoms with Gasteiger partial charge in [-0.05, 0) is 38.7 Å². The van der Waals surface area contributed by atoms with Crippen molar-refractivity contribution < 1.29 is 5.11 Å². The predicted octanol–water partition coefficient (Wildman–Crippen LogP) is 2.45. The summed E-state index contributed by atoms with van der Waals surface area (Å²) in [7, 11) is 1.96. The van der Waals surface area contributed by atoms with Crippen LogP contribution >= 0.6 is 0 Å². The van der Waals surface area contributed by atoms with Gasteiger partial charge in [0.25, 0.3) is 0 Å². The van der Waals surface area contributed by atoms with Crippen LogP contribution in [0.3, 0.4) is 0 Å². The van der Waals surface area contributed by atoms with Gasteiger partial charge in [-0.3, -0.25) is 4.68 Å². The van der Waals surface area contributed by atoms with Gasteiger partial charge >= 0.3 is 0 Å². The van der Waals surface area contributed by atoms with Crippen LogP contribution < -0.4 is 0 Å². The van der Waals surface area contributed by atoms with E-state index >= 15 is 0 Å². The SMILES string of the molecule is CCc1nn(C)cc1-n1c(C)cc2c1CCCC2O. The highest BCUT2D eigenvalue weighted by atomic mass is 16.3. The Labute approximate surface area is 113 Å². The van der Waals surface area contributed by atoms with Crippen LogP contribution in [0.25, 0.3) is 5.69 Å². The maximum atomic E-state index is 10.1. The molecular formula is C15H21N3O. The van der Waals surface area contributed by atoms with Gasteiger partial charge in [0.15, 0.2) is 0 Å². The lowest BCUT2D eigenvalue weighted by Gasteiger charge is -2.20. The van der Waals surface area contributed by atoms with Crippen molar-refractivity contribution in [1.29, 1.82) is 0 Å². The van der Waals surface area contributed by atoms with Crippen molar-refractivity contribution >= 4 is 0 Å². The van der Waals surface area contributed by atoms with Crippen molar-refractivity contribution in [2.75, 3.05) is 0 Å². The maximum absolute atomic E-state index is 10.1. The summed E-state index contributed by atoms with van der Waals surface area (Å²) in [4.78, 5) is 0. The standard InChI is InChI=1S/C15H21N3O/c1-4-12-14(9-17(3)16-12)18-10(2)8-11-13(18)6-5-7-15(11)19/h8-9,15,19H,4-7H2,1-3H3. The second-order valence-corrected chi connectivity index (χ2v) is 5.42. The van der Waals surface area contributed by atoms with Crippen LogP contribution in [0.1, 0.15) is 48.5 Å². The Bertz CT molecular complexity index is 609. The highest BCUT2D eigenvalue weighted by Crippen LogP contribution is 2.34. The molecule has 2 aromatic heterocycles. The molecule has 2 heterocycles. The van der Waals surface area contributed by atoms with Crippen LogP contribution in [0.5, 0.6) is 0 Å². The molecule has 2 aromatic rings. The molecular weight excluding hydrogens is 238 g/mol. The fraction of sp³-hybridized carbons (Fsp3) is 0.533. The van der Waals surface area contributed by atoms with Gasteiger partial charge in [0.2, 0.25) is 0 Å². The van der Waals surface area contributed by atoms with Crippen LogP contribution in [-0.4, -0.2) is 19.5 Å². The fourth-order valence-corrected chi connectivity index (χ4v) is 3.17. The summed E-state index contributed by atoms with van der Waals surface area (Å²) in [5.41, 5.74) is 5.84. The molecule has 0 fully saturated rings. The van der Waals surface area contributed by atoms with Crippen LogP contribution in [0.4, 0.5) is 0 Å². The summed E-state index contributed by atoms with van der Waals surface area (Å²) in [6.07, 6.45) is 5.67. The molecule has 19 heavy (non-hydrogen) atoms. The Morgan fingerprint density at radius 2 is 2.26 bits per heavy atom. The van der Waals surface area contributed by atoms with Crippen molar-refractivity contribution in [2.45, 2.75) is 45.6 Å². The highest BCUT2D eigenvalue weighted by molar-refractivity contribution is 5.45. The number of aliphatic hydroxyl groups is 1. The van der Waals surface area contributed by atoms with Crippen LogP contribution in [0, 0.1) is 6.92 Å². The number of nitrogens with zero attached hydrogens (tertiary/aromatic N) is 3. The van der Waals surface area contributed by atoms with E-state index in [4.69, 9.17) is 0 Å². The minimum absolute atomic E-state index is 0.301. The van der Waals surface area contributed by atoms with Gasteiger partial charge in [-0.15, -0.1) is 0 Å². The second-order valence-electron chi connectivity index (χ2n) is 5.42. The molecule has 0 radical (unpaired) electrons. The molecule has 1 unspecified atom stereocenters. The molecule has 3 rings (SSSR count). The van der Waals surface area contributed by atoms with E-state index in [9.17, 15) is 5.11 Å². The number of aryl methyl sites for hydroxylation is 3. The van der Waals surface area contributed by atoms with Crippen LogP contribution in [0.15, 0.2) is 12.3 Å². The number of aliphatic hydroxyl groups excluding tert-OH is 1. The summed E-state index contributed by atoms with van der Waals surface area (Å²) in [5.74, 6) is 0. The largest absolute Gasteiger partial charge is 0.388 e. The average molecular weight is 259 g/mol. The lowest BCUT2D eigenvalue weighted by Crippen LogP contribution is -2.12. The Hall–Kier alpha value is -1.55. The average Bonchev–Trinajstić information content (AvgIpc) is 2.89. The number of fused-ring (bicyclic) bond motifs is 1. The zero-order valence-electron chi connectivity index (χ0n) is 11.8. The molecule has 0 saturated heterocycles. The first-order valence-electron chi connectivity index (χ1n) is 7.04. The molecule has 0 aliphatic heterocycles. The molecule has 0 bridgehead atoms. The summed E-state index contributed by atoms with van der Waals surface area (Å²) >= 11 is 0. The number of hydrogen-bond acceptors (Lipinski definition) is 2. The van der Waals surface area contributed by atoms with E-state index in [-0.39, 0.29) is 6.10 Å². The van der Waals surface area contributed by atoms with Crippen molar-refractivity contribution in [3.05, 3.63) is 34.9 Å². The van der Waals surface area contributed by atoms with E-state index in [1.54, 1.807) is 0 Å². The summed E-state index contributed by atoms with van der Waals surface area (Å²) in [6.45, 7) is 4.24. The van der Waals surface area contributed by atoms with E-state index in [2.05, 4.69) is 35.8 Å². The van der Waals surface area contributed by atoms with Crippen molar-refractivity contribution in [3.63, 3.8) is 0 Å². The quantitative estimate of drug-likeness (QED) is 0.900. The van der Waals surface area contributed by atoms with E-state index in [0.717, 1.165) is 42.6 Å². The Balaban J connectivity index is 2.20. The van der Waals surface area contributed by atoms with Gasteiger partial charge in [-0.1, -0.05) is 6.92 Å². The minimum Gasteiger partial charge on any atom is -0.388 e. The van der Waals surface area contributed by atoms with Gasteiger partial charge in [0.1, 0.15) is 0 Å². The zero-order chi connectivity index (χ0) is 13.6. The summed E-state index contributed by atoms with van der Waals surface area (Å²) < 4.78 is 4.16. The first kappa shape index (κ1) is 12.5. The third kappa shape index (κ3) is 1.91. The number of hydrogen-bond donors (Lipinski definition) is 1. The molecule has 0 aromatic carbocycles. The normalized spacial score (nSPS) is 18.6. The third-order valence-corrected chi connectivity index (χ3v) is 4.03. The van der Waals surface area contributed by atoms with Crippen LogP contribution in [-0.2, 0) is 19.9 Å². The van der Waals surface area contributed by atoms with Gasteiger partial charge in [-0.25, -0.2) is 0 Å². The minimum atomic E-state index is -0.301. The smallest absolute Gasteiger partial charge is 0.0870 e. The molecule has 4 nitrogen and oxygen atoms in total. The van der Waals surface area contributed by atoms with Gasteiger partial charge in [0.05, 0.1) is 17.5 Å². The molecule has 1 aliphatic carbocycles. The fourth-order valence-electron chi connectivity index (χ4n) is 3.17. The zero-order valence-corrected chi connectivity index (χ0v) is 11.8. The second kappa shape index (κ2) is 4.53. The van der Waals surface area contributed by atoms with Crippen molar-refractivity contribution in [1.82, 2.24) is 14.3 Å². The third-order valence-electron chi connectivity index (χ3n) is 4.03. The van der Waals surface area contributed by atoms with E-state index < -0.39 is 0 Å². The molecule has 0 saturated carbocycles. The maximum Gasteiger partial charge on any atom is 0.0870 e. The van der Waals surface area contributed by atoms with Gasteiger partial charge < -0.3 is 9.67 Å². The molecule has 1 aliphatic rings. The van der Waals surface area contributed by atoms with Crippen molar-refractivity contribution in [2.24, 2.45) is 7.05 Å². The first-order valence-corrected chi connectivity index (χ1v) is 7.04. The Morgan fingerprint density at radius 3 is 3.00 bits per heavy atom. The van der Waals surface area contributed by atoms with Crippen molar-refractivity contribution in [3.8, 4) is 5.69 Å². The molecule has 4 heteroatoms. The van der Waals surface area contributed by atoms with E-state index in [0.29, 0.717) is 0 Å². The molecule has 0 spiro atoms. The first-order chi connectivity index (χ1) is 9.11. The summed E-state index contributed by atoms with van der Waals surface area (Å²) in [6, 6.07) is 2.13. The predicted molar refractivity (Wildman–Crippen MR) is 74.5 cm³/mol. The monoisotopic (exact) mass is 259 g/mol. The Kier molecular flexibility index (Phi) is 2.97. The molecule has 1 atom stereocenters. The van der Waals surface area contributed by atoms with Gasteiger partial charge in [-0.2, -0.15) is 5.10 Å². The molecule has 102 valence electrons. The highest BCUT2D eigenvalue weighted by Gasteiger charge is 2.25. The lowest BCUT2D eigenvalue weighted by atomic mass is 9.95. The van der Waals surface area contributed by atoms with E-state index in [1.807, 2.05) is 11.7 Å². The van der Waals surface area contributed by atoms with Gasteiger partial charge in [0, 0.05) is 30.2 Å². The number of rotatable bonds is 2. The lowest BCUT2D eigenvalue weighted by molar-refractivity contribution is 0.156. The topological polar surface area (TPSA) is 43.0 Å². The Morgan fingerprint density at radius 1 is 1.47 bits per heavy atom. The van der Waals surface area contributed by atoms with Crippen LogP contribution in [0.2, 0.25) is 0 Å². The molecule has 0 amide bonds. The number of aromatic nitrogens is 3. The van der Waals surface area contributed by atoms with E-state index in [1.165, 1.54) is 11.4 Å². The summed E-state index contributed by atoms with van der Waals surface area (Å²) in [5, 5.41) is 14.7.